The van der Waals surface area contributed by atoms with Crippen molar-refractivity contribution >= 4 is 5.78 Å². The van der Waals surface area contributed by atoms with Crippen molar-refractivity contribution in [2.24, 2.45) is 7.05 Å². The van der Waals surface area contributed by atoms with Crippen molar-refractivity contribution < 1.29 is 9.53 Å². The third-order valence-electron chi connectivity index (χ3n) is 3.62. The molecule has 0 amide bonds. The van der Waals surface area contributed by atoms with Gasteiger partial charge in [0.2, 0.25) is 0 Å². The fourth-order valence-corrected chi connectivity index (χ4v) is 2.53. The summed E-state index contributed by atoms with van der Waals surface area (Å²) in [5.41, 5.74) is 4.17. The van der Waals surface area contributed by atoms with Crippen molar-refractivity contribution in [3.05, 3.63) is 40.5 Å². The first-order valence-electron chi connectivity index (χ1n) is 7.02. The molecule has 0 spiro atoms. The van der Waals surface area contributed by atoms with Crippen LogP contribution in [0.4, 0.5) is 0 Å². The summed E-state index contributed by atoms with van der Waals surface area (Å²) in [7, 11) is 3.46. The maximum Gasteiger partial charge on any atom is 0.172 e. The van der Waals surface area contributed by atoms with Gasteiger partial charge in [-0.25, -0.2) is 0 Å². The summed E-state index contributed by atoms with van der Waals surface area (Å²) in [6.45, 7) is 5.88. The lowest BCUT2D eigenvalue weighted by Crippen LogP contribution is -2.09. The van der Waals surface area contributed by atoms with Crippen molar-refractivity contribution in [2.75, 3.05) is 7.11 Å². The van der Waals surface area contributed by atoms with E-state index in [0.717, 1.165) is 34.7 Å². The van der Waals surface area contributed by atoms with E-state index in [9.17, 15) is 4.79 Å². The zero-order chi connectivity index (χ0) is 15.6. The minimum absolute atomic E-state index is 0.0430. The number of carbonyl (C=O) groups excluding carboxylic acids is 1. The van der Waals surface area contributed by atoms with E-state index in [4.69, 9.17) is 4.74 Å². The molecule has 0 aliphatic heterocycles. The van der Waals surface area contributed by atoms with Gasteiger partial charge < -0.3 is 4.74 Å². The average Bonchev–Trinajstić information content (AvgIpc) is 2.84. The van der Waals surface area contributed by atoms with Crippen LogP contribution in [0.5, 0.6) is 5.75 Å². The van der Waals surface area contributed by atoms with Gasteiger partial charge in [0.25, 0.3) is 0 Å². The van der Waals surface area contributed by atoms with Crippen LogP contribution >= 0.6 is 0 Å². The standard InChI is InChI=1S/C16H21N3O2/c1-6-13-12(9-19(4)18-13)15(20)7-14-11(3)16(21-5)10(2)8-17-14/h8-9H,6-7H2,1-5H3. The van der Waals surface area contributed by atoms with Gasteiger partial charge in [-0.3, -0.25) is 14.5 Å². The van der Waals surface area contributed by atoms with E-state index in [-0.39, 0.29) is 12.2 Å². The average molecular weight is 287 g/mol. The summed E-state index contributed by atoms with van der Waals surface area (Å²) in [5.74, 6) is 0.844. The van der Waals surface area contributed by atoms with Crippen LogP contribution in [0.3, 0.4) is 0 Å². The van der Waals surface area contributed by atoms with Gasteiger partial charge in [-0.05, 0) is 20.3 Å². The van der Waals surface area contributed by atoms with Gasteiger partial charge in [-0.1, -0.05) is 6.92 Å². The van der Waals surface area contributed by atoms with Crippen LogP contribution in [0.15, 0.2) is 12.4 Å². The number of carbonyl (C=O) groups is 1. The molecule has 0 fully saturated rings. The summed E-state index contributed by atoms with van der Waals surface area (Å²) < 4.78 is 7.07. The first-order chi connectivity index (χ1) is 9.97. The fourth-order valence-electron chi connectivity index (χ4n) is 2.53. The lowest BCUT2D eigenvalue weighted by molar-refractivity contribution is 0.0990. The summed E-state index contributed by atoms with van der Waals surface area (Å²) in [4.78, 5) is 16.9. The van der Waals surface area contributed by atoms with Gasteiger partial charge in [0.1, 0.15) is 5.75 Å². The normalized spacial score (nSPS) is 10.7. The lowest BCUT2D eigenvalue weighted by atomic mass is 10.0. The molecule has 5 heteroatoms. The van der Waals surface area contributed by atoms with Gasteiger partial charge in [0.15, 0.2) is 5.78 Å². The molecule has 0 atom stereocenters. The Morgan fingerprint density at radius 1 is 1.33 bits per heavy atom. The number of hydrogen-bond acceptors (Lipinski definition) is 4. The van der Waals surface area contributed by atoms with E-state index in [2.05, 4.69) is 10.1 Å². The molecule has 0 saturated heterocycles. The molecule has 0 radical (unpaired) electrons. The van der Waals surface area contributed by atoms with E-state index in [1.165, 1.54) is 0 Å². The van der Waals surface area contributed by atoms with Crippen molar-refractivity contribution in [1.82, 2.24) is 14.8 Å². The summed E-state index contributed by atoms with van der Waals surface area (Å²) in [5, 5.41) is 4.31. The molecule has 0 aliphatic carbocycles. The first-order valence-corrected chi connectivity index (χ1v) is 7.02. The molecule has 21 heavy (non-hydrogen) atoms. The molecule has 2 heterocycles. The van der Waals surface area contributed by atoms with Crippen LogP contribution in [-0.2, 0) is 19.9 Å². The molecular weight excluding hydrogens is 266 g/mol. The molecule has 0 aromatic carbocycles. The number of methoxy groups -OCH3 is 1. The molecule has 0 saturated carbocycles. The minimum atomic E-state index is 0.0430. The zero-order valence-electron chi connectivity index (χ0n) is 13.2. The highest BCUT2D eigenvalue weighted by Gasteiger charge is 2.18. The highest BCUT2D eigenvalue weighted by atomic mass is 16.5. The van der Waals surface area contributed by atoms with Crippen LogP contribution in [0.25, 0.3) is 0 Å². The Labute approximate surface area is 125 Å². The topological polar surface area (TPSA) is 57.0 Å². The smallest absolute Gasteiger partial charge is 0.172 e. The Morgan fingerprint density at radius 2 is 2.05 bits per heavy atom. The Kier molecular flexibility index (Phi) is 4.40. The van der Waals surface area contributed by atoms with Gasteiger partial charge >= 0.3 is 0 Å². The third kappa shape index (κ3) is 2.96. The van der Waals surface area contributed by atoms with Crippen LogP contribution < -0.4 is 4.74 Å². The summed E-state index contributed by atoms with van der Waals surface area (Å²) >= 11 is 0. The maximum atomic E-state index is 12.5. The third-order valence-corrected chi connectivity index (χ3v) is 3.62. The van der Waals surface area contributed by atoms with Crippen molar-refractivity contribution in [3.8, 4) is 5.75 Å². The van der Waals surface area contributed by atoms with Gasteiger partial charge in [0, 0.05) is 30.6 Å². The molecule has 0 N–H and O–H groups in total. The maximum absolute atomic E-state index is 12.5. The predicted octanol–water partition coefficient (Wildman–Crippen LogP) is 2.43. The number of aryl methyl sites for hydroxylation is 3. The SMILES string of the molecule is CCc1nn(C)cc1C(=O)Cc1ncc(C)c(OC)c1C. The number of Topliss-reactive ketones (excluding diaryl/α,β-unsaturated/α-hetero) is 1. The number of aromatic nitrogens is 3. The van der Waals surface area contributed by atoms with Crippen molar-refractivity contribution in [3.63, 3.8) is 0 Å². The van der Waals surface area contributed by atoms with Crippen molar-refractivity contribution in [1.29, 1.82) is 0 Å². The number of rotatable bonds is 5. The predicted molar refractivity (Wildman–Crippen MR) is 80.9 cm³/mol. The highest BCUT2D eigenvalue weighted by molar-refractivity contribution is 5.98. The summed E-state index contributed by atoms with van der Waals surface area (Å²) in [6, 6.07) is 0. The number of ketones is 1. The van der Waals surface area contributed by atoms with Crippen LogP contribution in [0, 0.1) is 13.8 Å². The molecular formula is C16H21N3O2. The summed E-state index contributed by atoms with van der Waals surface area (Å²) in [6.07, 6.45) is 4.53. The number of ether oxygens (including phenoxy) is 1. The van der Waals surface area contributed by atoms with Crippen LogP contribution in [-0.4, -0.2) is 27.7 Å². The van der Waals surface area contributed by atoms with E-state index in [1.54, 1.807) is 24.2 Å². The number of nitrogens with zero attached hydrogens (tertiary/aromatic N) is 3. The van der Waals surface area contributed by atoms with Crippen LogP contribution in [0.2, 0.25) is 0 Å². The molecule has 0 aliphatic rings. The van der Waals surface area contributed by atoms with Gasteiger partial charge in [0.05, 0.1) is 30.5 Å². The monoisotopic (exact) mass is 287 g/mol. The molecule has 112 valence electrons. The second-order valence-electron chi connectivity index (χ2n) is 5.16. The Morgan fingerprint density at radius 3 is 2.67 bits per heavy atom. The fraction of sp³-hybridized carbons (Fsp3) is 0.438. The van der Waals surface area contributed by atoms with Gasteiger partial charge in [-0.15, -0.1) is 0 Å². The Balaban J connectivity index is 2.32. The van der Waals surface area contributed by atoms with Crippen LogP contribution in [0.1, 0.15) is 39.8 Å². The first kappa shape index (κ1) is 15.2. The minimum Gasteiger partial charge on any atom is -0.496 e. The Hall–Kier alpha value is -2.17. The zero-order valence-corrected chi connectivity index (χ0v) is 13.2. The molecule has 0 unspecified atom stereocenters. The Bertz CT molecular complexity index is 674. The molecule has 5 nitrogen and oxygen atoms in total. The van der Waals surface area contributed by atoms with E-state index < -0.39 is 0 Å². The number of hydrogen-bond donors (Lipinski definition) is 0. The second-order valence-corrected chi connectivity index (χ2v) is 5.16. The largest absolute Gasteiger partial charge is 0.496 e. The molecule has 2 aromatic rings. The van der Waals surface area contributed by atoms with E-state index >= 15 is 0 Å². The highest BCUT2D eigenvalue weighted by Crippen LogP contribution is 2.25. The number of pyridine rings is 1. The van der Waals surface area contributed by atoms with E-state index in [1.807, 2.05) is 27.8 Å². The molecule has 2 aromatic heterocycles. The lowest BCUT2D eigenvalue weighted by Gasteiger charge is -2.11. The quantitative estimate of drug-likeness (QED) is 0.793. The van der Waals surface area contributed by atoms with E-state index in [0.29, 0.717) is 5.56 Å². The molecule has 0 bridgehead atoms. The molecule has 2 rings (SSSR count). The second kappa shape index (κ2) is 6.08. The van der Waals surface area contributed by atoms with Crippen molar-refractivity contribution in [2.45, 2.75) is 33.6 Å². The van der Waals surface area contributed by atoms with Gasteiger partial charge in [-0.2, -0.15) is 5.10 Å².